The maximum absolute atomic E-state index is 12.2. The van der Waals surface area contributed by atoms with Crippen LogP contribution in [0.3, 0.4) is 0 Å². The molecule has 1 aromatic carbocycles. The second kappa shape index (κ2) is 4.96. The summed E-state index contributed by atoms with van der Waals surface area (Å²) < 4.78 is 6.23. The van der Waals surface area contributed by atoms with Gasteiger partial charge in [0.25, 0.3) is 0 Å². The van der Waals surface area contributed by atoms with E-state index in [-0.39, 0.29) is 5.92 Å². The number of hydrogen-bond acceptors (Lipinski definition) is 3. The fourth-order valence-corrected chi connectivity index (χ4v) is 2.41. The number of carbonyl (C=O) groups is 2. The van der Waals surface area contributed by atoms with E-state index in [2.05, 4.69) is 15.9 Å². The van der Waals surface area contributed by atoms with Crippen LogP contribution in [0.2, 0.25) is 0 Å². The van der Waals surface area contributed by atoms with Gasteiger partial charge in [-0.2, -0.15) is 0 Å². The highest BCUT2D eigenvalue weighted by atomic mass is 79.9. The van der Waals surface area contributed by atoms with E-state index in [0.29, 0.717) is 6.54 Å². The SMILES string of the molecule is CC(C)(C)OC(=O)N1CC(C=O)c2ccc(Br)cc21. The lowest BCUT2D eigenvalue weighted by atomic mass is 10.0. The third-order valence-corrected chi connectivity index (χ3v) is 3.33. The number of nitrogens with zero attached hydrogens (tertiary/aromatic N) is 1. The van der Waals surface area contributed by atoms with Crippen LogP contribution in [0.4, 0.5) is 10.5 Å². The molecule has 0 spiro atoms. The molecule has 0 radical (unpaired) electrons. The van der Waals surface area contributed by atoms with Gasteiger partial charge in [0.05, 0.1) is 11.6 Å². The van der Waals surface area contributed by atoms with E-state index in [9.17, 15) is 9.59 Å². The second-order valence-electron chi connectivity index (χ2n) is 5.54. The van der Waals surface area contributed by atoms with Gasteiger partial charge in [-0.15, -0.1) is 0 Å². The minimum Gasteiger partial charge on any atom is -0.443 e. The first-order valence-corrected chi connectivity index (χ1v) is 6.86. The Hall–Kier alpha value is -1.36. The Kier molecular flexibility index (Phi) is 3.67. The molecule has 1 aromatic rings. The van der Waals surface area contributed by atoms with Gasteiger partial charge in [0.15, 0.2) is 0 Å². The van der Waals surface area contributed by atoms with Crippen LogP contribution in [-0.4, -0.2) is 24.5 Å². The van der Waals surface area contributed by atoms with E-state index in [1.165, 1.54) is 4.90 Å². The van der Waals surface area contributed by atoms with E-state index in [0.717, 1.165) is 22.0 Å². The molecule has 0 saturated carbocycles. The molecule has 1 aliphatic rings. The number of anilines is 1. The number of ether oxygens (including phenoxy) is 1. The fraction of sp³-hybridized carbons (Fsp3) is 0.429. The lowest BCUT2D eigenvalue weighted by Gasteiger charge is -2.24. The smallest absolute Gasteiger partial charge is 0.414 e. The molecule has 0 aromatic heterocycles. The molecule has 102 valence electrons. The predicted molar refractivity (Wildman–Crippen MR) is 76.5 cm³/mol. The highest BCUT2D eigenvalue weighted by molar-refractivity contribution is 9.10. The normalized spacial score (nSPS) is 18.1. The zero-order valence-corrected chi connectivity index (χ0v) is 12.7. The number of benzene rings is 1. The molecule has 4 nitrogen and oxygen atoms in total. The molecule has 5 heteroatoms. The Morgan fingerprint density at radius 1 is 1.47 bits per heavy atom. The van der Waals surface area contributed by atoms with Crippen LogP contribution in [0, 0.1) is 0 Å². The van der Waals surface area contributed by atoms with Crippen LogP contribution in [0.1, 0.15) is 32.3 Å². The number of hydrogen-bond donors (Lipinski definition) is 0. The van der Waals surface area contributed by atoms with Crippen LogP contribution in [0.5, 0.6) is 0 Å². The van der Waals surface area contributed by atoms with Crippen molar-refractivity contribution in [3.8, 4) is 0 Å². The van der Waals surface area contributed by atoms with E-state index < -0.39 is 11.7 Å². The highest BCUT2D eigenvalue weighted by Gasteiger charge is 2.34. The summed E-state index contributed by atoms with van der Waals surface area (Å²) in [5.74, 6) is -0.282. The largest absolute Gasteiger partial charge is 0.443 e. The summed E-state index contributed by atoms with van der Waals surface area (Å²) in [4.78, 5) is 24.8. The van der Waals surface area contributed by atoms with Crippen LogP contribution in [0.25, 0.3) is 0 Å². The Morgan fingerprint density at radius 2 is 2.16 bits per heavy atom. The van der Waals surface area contributed by atoms with Gasteiger partial charge in [-0.05, 0) is 38.5 Å². The standard InChI is InChI=1S/C14H16BrNO3/c1-14(2,3)19-13(18)16-7-9(8-17)11-5-4-10(15)6-12(11)16/h4-6,8-9H,7H2,1-3H3. The van der Waals surface area contributed by atoms with Crippen molar-refractivity contribution in [2.45, 2.75) is 32.3 Å². The zero-order chi connectivity index (χ0) is 14.2. The predicted octanol–water partition coefficient (Wildman–Crippen LogP) is 3.49. The molecule has 1 heterocycles. The summed E-state index contributed by atoms with van der Waals surface area (Å²) in [5.41, 5.74) is 1.05. The number of amides is 1. The molecule has 1 aliphatic heterocycles. The van der Waals surface area contributed by atoms with Crippen LogP contribution < -0.4 is 4.90 Å². The first-order chi connectivity index (χ1) is 8.81. The summed E-state index contributed by atoms with van der Waals surface area (Å²) >= 11 is 3.38. The average molecular weight is 326 g/mol. The van der Waals surface area contributed by atoms with Crippen molar-refractivity contribution in [3.63, 3.8) is 0 Å². The van der Waals surface area contributed by atoms with Crippen LogP contribution in [-0.2, 0) is 9.53 Å². The van der Waals surface area contributed by atoms with Crippen molar-refractivity contribution >= 4 is 34.0 Å². The summed E-state index contributed by atoms with van der Waals surface area (Å²) in [6, 6.07) is 5.57. The van der Waals surface area contributed by atoms with Crippen LogP contribution in [0.15, 0.2) is 22.7 Å². The van der Waals surface area contributed by atoms with E-state index in [4.69, 9.17) is 4.74 Å². The zero-order valence-electron chi connectivity index (χ0n) is 11.1. The quantitative estimate of drug-likeness (QED) is 0.742. The lowest BCUT2D eigenvalue weighted by Crippen LogP contribution is -2.36. The van der Waals surface area contributed by atoms with Crippen LogP contribution >= 0.6 is 15.9 Å². The lowest BCUT2D eigenvalue weighted by molar-refractivity contribution is -0.108. The number of carbonyl (C=O) groups excluding carboxylic acids is 2. The van der Waals surface area contributed by atoms with Gasteiger partial charge in [-0.1, -0.05) is 22.0 Å². The third-order valence-electron chi connectivity index (χ3n) is 2.84. The number of fused-ring (bicyclic) bond motifs is 1. The number of halogens is 1. The third kappa shape index (κ3) is 2.97. The molecular formula is C14H16BrNO3. The Bertz CT molecular complexity index is 522. The monoisotopic (exact) mass is 325 g/mol. The van der Waals surface area contributed by atoms with Crippen molar-refractivity contribution in [1.82, 2.24) is 0 Å². The Morgan fingerprint density at radius 3 is 2.74 bits per heavy atom. The van der Waals surface area contributed by atoms with Crippen molar-refractivity contribution in [2.24, 2.45) is 0 Å². The first-order valence-electron chi connectivity index (χ1n) is 6.07. The van der Waals surface area contributed by atoms with Crippen molar-refractivity contribution in [1.29, 1.82) is 0 Å². The molecule has 0 bridgehead atoms. The average Bonchev–Trinajstić information content (AvgIpc) is 2.64. The van der Waals surface area contributed by atoms with Crippen molar-refractivity contribution in [2.75, 3.05) is 11.4 Å². The minimum atomic E-state index is -0.553. The van der Waals surface area contributed by atoms with Gasteiger partial charge in [-0.3, -0.25) is 4.90 Å². The topological polar surface area (TPSA) is 46.6 Å². The molecule has 1 amide bonds. The highest BCUT2D eigenvalue weighted by Crippen LogP contribution is 2.37. The van der Waals surface area contributed by atoms with Gasteiger partial charge in [0.1, 0.15) is 11.9 Å². The molecule has 0 fully saturated rings. The summed E-state index contributed by atoms with van der Waals surface area (Å²) in [6.07, 6.45) is 0.452. The van der Waals surface area contributed by atoms with Crippen molar-refractivity contribution < 1.29 is 14.3 Å². The number of rotatable bonds is 1. The summed E-state index contributed by atoms with van der Waals surface area (Å²) in [5, 5.41) is 0. The van der Waals surface area contributed by atoms with Gasteiger partial charge in [0, 0.05) is 11.0 Å². The second-order valence-corrected chi connectivity index (χ2v) is 6.45. The van der Waals surface area contributed by atoms with Gasteiger partial charge in [-0.25, -0.2) is 4.79 Å². The molecular weight excluding hydrogens is 310 g/mol. The van der Waals surface area contributed by atoms with E-state index in [1.807, 2.05) is 39.0 Å². The van der Waals surface area contributed by atoms with E-state index in [1.54, 1.807) is 0 Å². The summed E-state index contributed by atoms with van der Waals surface area (Å²) in [6.45, 7) is 5.80. The number of aldehydes is 1. The molecule has 0 N–H and O–H groups in total. The molecule has 19 heavy (non-hydrogen) atoms. The van der Waals surface area contributed by atoms with Gasteiger partial charge in [0.2, 0.25) is 0 Å². The van der Waals surface area contributed by atoms with Gasteiger partial charge >= 0.3 is 6.09 Å². The maximum atomic E-state index is 12.2. The first kappa shape index (κ1) is 14.1. The Labute approximate surface area is 120 Å². The Balaban J connectivity index is 2.33. The minimum absolute atomic E-state index is 0.282. The van der Waals surface area contributed by atoms with Crippen molar-refractivity contribution in [3.05, 3.63) is 28.2 Å². The molecule has 2 rings (SSSR count). The molecule has 1 atom stereocenters. The summed E-state index contributed by atoms with van der Waals surface area (Å²) in [7, 11) is 0. The van der Waals surface area contributed by atoms with Gasteiger partial charge < -0.3 is 9.53 Å². The molecule has 0 saturated heterocycles. The maximum Gasteiger partial charge on any atom is 0.414 e. The fourth-order valence-electron chi connectivity index (χ4n) is 2.06. The molecule has 1 unspecified atom stereocenters. The van der Waals surface area contributed by atoms with E-state index >= 15 is 0 Å². The molecule has 0 aliphatic carbocycles.